The third-order valence-corrected chi connectivity index (χ3v) is 9.95. The summed E-state index contributed by atoms with van der Waals surface area (Å²) in [5.41, 5.74) is 2.03. The highest BCUT2D eigenvalue weighted by atomic mass is 19.2. The average Bonchev–Trinajstić information content (AvgIpc) is 2.94. The van der Waals surface area contributed by atoms with Crippen molar-refractivity contribution in [3.8, 4) is 0 Å². The van der Waals surface area contributed by atoms with E-state index in [0.29, 0.717) is 23.5 Å². The number of halogens is 2. The zero-order valence-electron chi connectivity index (χ0n) is 23.5. The first-order valence-corrected chi connectivity index (χ1v) is 15.5. The Morgan fingerprint density at radius 3 is 2.24 bits per heavy atom. The van der Waals surface area contributed by atoms with E-state index in [0.717, 1.165) is 54.9 Å². The molecular formula is C35H50F2. The molecule has 1 aromatic rings. The van der Waals surface area contributed by atoms with Crippen LogP contribution < -0.4 is 0 Å². The Morgan fingerprint density at radius 1 is 0.811 bits per heavy atom. The molecule has 4 rings (SSSR count). The predicted molar refractivity (Wildman–Crippen MR) is 154 cm³/mol. The van der Waals surface area contributed by atoms with E-state index in [9.17, 15) is 4.39 Å². The molecule has 0 amide bonds. The summed E-state index contributed by atoms with van der Waals surface area (Å²) in [6, 6.07) is 3.67. The van der Waals surface area contributed by atoms with Gasteiger partial charge in [0.2, 0.25) is 0 Å². The lowest BCUT2D eigenvalue weighted by atomic mass is 9.70. The van der Waals surface area contributed by atoms with Gasteiger partial charge in [-0.3, -0.25) is 0 Å². The van der Waals surface area contributed by atoms with Crippen LogP contribution in [-0.4, -0.2) is 0 Å². The molecule has 1 unspecified atom stereocenters. The highest BCUT2D eigenvalue weighted by Crippen LogP contribution is 2.42. The highest BCUT2D eigenvalue weighted by molar-refractivity contribution is 5.67. The van der Waals surface area contributed by atoms with Crippen LogP contribution in [0.3, 0.4) is 0 Å². The molecule has 1 aromatic carbocycles. The van der Waals surface area contributed by atoms with Crippen molar-refractivity contribution < 1.29 is 8.78 Å². The molecule has 0 saturated heterocycles. The normalized spacial score (nSPS) is 29.2. The Morgan fingerprint density at radius 2 is 1.57 bits per heavy atom. The first-order valence-electron chi connectivity index (χ1n) is 15.5. The summed E-state index contributed by atoms with van der Waals surface area (Å²) in [6.45, 7) is 4.41. The summed E-state index contributed by atoms with van der Waals surface area (Å²) in [5, 5.41) is 0. The summed E-state index contributed by atoms with van der Waals surface area (Å²) in [4.78, 5) is 0. The SMILES string of the molecule is CC=CCCC1CCC(C=CCCc2ccc(C3=CCC(C4CCC(CC)CC4)CC3)c(F)c2F)CC1. The van der Waals surface area contributed by atoms with Gasteiger partial charge in [-0.2, -0.15) is 0 Å². The molecule has 2 saturated carbocycles. The van der Waals surface area contributed by atoms with Crippen molar-refractivity contribution in [2.75, 3.05) is 0 Å². The molecule has 2 fully saturated rings. The smallest absolute Gasteiger partial charge is 0.166 e. The maximum absolute atomic E-state index is 15.1. The van der Waals surface area contributed by atoms with Gasteiger partial charge in [-0.25, -0.2) is 8.78 Å². The monoisotopic (exact) mass is 508 g/mol. The fourth-order valence-electron chi connectivity index (χ4n) is 7.32. The third kappa shape index (κ3) is 7.90. The Kier molecular flexibility index (Phi) is 11.1. The van der Waals surface area contributed by atoms with Gasteiger partial charge in [-0.05, 0) is 131 Å². The molecule has 0 bridgehead atoms. The molecule has 0 radical (unpaired) electrons. The van der Waals surface area contributed by atoms with Crippen LogP contribution in [0.4, 0.5) is 8.78 Å². The van der Waals surface area contributed by atoms with Gasteiger partial charge >= 0.3 is 0 Å². The summed E-state index contributed by atoms with van der Waals surface area (Å²) in [5.74, 6) is 2.76. The van der Waals surface area contributed by atoms with Crippen LogP contribution in [0.25, 0.3) is 5.57 Å². The second-order valence-electron chi connectivity index (χ2n) is 12.2. The summed E-state index contributed by atoms with van der Waals surface area (Å²) in [6.07, 6.45) is 30.1. The minimum absolute atomic E-state index is 0.496. The van der Waals surface area contributed by atoms with Crippen molar-refractivity contribution in [3.63, 3.8) is 0 Å². The lowest BCUT2D eigenvalue weighted by Crippen LogP contribution is -2.23. The van der Waals surface area contributed by atoms with Crippen LogP contribution in [0.1, 0.15) is 121 Å². The van der Waals surface area contributed by atoms with Gasteiger partial charge < -0.3 is 0 Å². The Labute approximate surface area is 225 Å². The van der Waals surface area contributed by atoms with Gasteiger partial charge in [0.1, 0.15) is 0 Å². The van der Waals surface area contributed by atoms with Gasteiger partial charge in [-0.15, -0.1) is 0 Å². The lowest BCUT2D eigenvalue weighted by molar-refractivity contribution is 0.192. The van der Waals surface area contributed by atoms with Gasteiger partial charge in [-0.1, -0.05) is 68.7 Å². The lowest BCUT2D eigenvalue weighted by Gasteiger charge is -2.35. The second-order valence-corrected chi connectivity index (χ2v) is 12.2. The maximum atomic E-state index is 15.1. The highest BCUT2D eigenvalue weighted by Gasteiger charge is 2.29. The Bertz CT molecular complexity index is 923. The zero-order valence-corrected chi connectivity index (χ0v) is 23.5. The van der Waals surface area contributed by atoms with E-state index < -0.39 is 11.6 Å². The number of hydrogen-bond donors (Lipinski definition) is 0. The van der Waals surface area contributed by atoms with Crippen molar-refractivity contribution in [1.82, 2.24) is 0 Å². The van der Waals surface area contributed by atoms with Crippen LogP contribution in [0, 0.1) is 41.2 Å². The topological polar surface area (TPSA) is 0 Å². The minimum atomic E-state index is -0.633. The summed E-state index contributed by atoms with van der Waals surface area (Å²) in [7, 11) is 0. The van der Waals surface area contributed by atoms with Crippen LogP contribution in [0.15, 0.2) is 42.5 Å². The van der Waals surface area contributed by atoms with Gasteiger partial charge in [0.05, 0.1) is 0 Å². The fraction of sp³-hybridized carbons (Fsp3) is 0.657. The van der Waals surface area contributed by atoms with Crippen LogP contribution in [0.5, 0.6) is 0 Å². The van der Waals surface area contributed by atoms with Crippen molar-refractivity contribution in [3.05, 3.63) is 65.3 Å². The molecule has 0 aliphatic heterocycles. The quantitative estimate of drug-likeness (QED) is 0.276. The van der Waals surface area contributed by atoms with Crippen molar-refractivity contribution in [2.24, 2.45) is 29.6 Å². The van der Waals surface area contributed by atoms with Crippen molar-refractivity contribution in [1.29, 1.82) is 0 Å². The number of rotatable bonds is 10. The first kappa shape index (κ1) is 28.3. The number of hydrogen-bond acceptors (Lipinski definition) is 0. The number of aryl methyl sites for hydroxylation is 1. The number of allylic oxidation sites excluding steroid dienone is 6. The van der Waals surface area contributed by atoms with E-state index in [1.54, 1.807) is 0 Å². The molecule has 0 N–H and O–H groups in total. The van der Waals surface area contributed by atoms with Crippen molar-refractivity contribution in [2.45, 2.75) is 117 Å². The van der Waals surface area contributed by atoms with E-state index in [-0.39, 0.29) is 0 Å². The first-order chi connectivity index (χ1) is 18.1. The van der Waals surface area contributed by atoms with Crippen LogP contribution >= 0.6 is 0 Å². The molecule has 3 aliphatic rings. The van der Waals surface area contributed by atoms with Gasteiger partial charge in [0, 0.05) is 5.56 Å². The van der Waals surface area contributed by atoms with E-state index >= 15 is 4.39 Å². The van der Waals surface area contributed by atoms with E-state index in [1.165, 1.54) is 70.6 Å². The van der Waals surface area contributed by atoms with Crippen LogP contribution in [0.2, 0.25) is 0 Å². The molecule has 204 valence electrons. The summed E-state index contributed by atoms with van der Waals surface area (Å²) >= 11 is 0. The summed E-state index contributed by atoms with van der Waals surface area (Å²) < 4.78 is 30.1. The fourth-order valence-corrected chi connectivity index (χ4v) is 7.32. The third-order valence-electron chi connectivity index (χ3n) is 9.95. The second kappa shape index (κ2) is 14.5. The van der Waals surface area contributed by atoms with E-state index in [1.807, 2.05) is 12.1 Å². The molecular weight excluding hydrogens is 458 g/mol. The van der Waals surface area contributed by atoms with Gasteiger partial charge in [0.15, 0.2) is 11.6 Å². The van der Waals surface area contributed by atoms with Crippen molar-refractivity contribution >= 4 is 5.57 Å². The molecule has 1 atom stereocenters. The van der Waals surface area contributed by atoms with Crippen LogP contribution in [-0.2, 0) is 6.42 Å². The molecule has 0 aromatic heterocycles. The number of benzene rings is 1. The molecule has 0 nitrogen and oxygen atoms in total. The largest absolute Gasteiger partial charge is 0.203 e. The minimum Gasteiger partial charge on any atom is -0.203 e. The average molecular weight is 509 g/mol. The maximum Gasteiger partial charge on any atom is 0.166 e. The van der Waals surface area contributed by atoms with E-state index in [2.05, 4.69) is 44.2 Å². The molecule has 3 aliphatic carbocycles. The predicted octanol–water partition coefficient (Wildman–Crippen LogP) is 11.0. The molecule has 2 heteroatoms. The van der Waals surface area contributed by atoms with E-state index in [4.69, 9.17) is 0 Å². The molecule has 0 spiro atoms. The molecule has 37 heavy (non-hydrogen) atoms. The standard InChI is InChI=1S/C35H50F2/c1-3-5-6-9-27-12-14-28(15-13-27)10-7-8-11-32-24-25-33(35(37)34(32)36)31-22-20-30(21-23-31)29-18-16-26(4-2)17-19-29/h3,5,7,10,22,24-30H,4,6,8-9,11-21,23H2,1-2H3. The Balaban J connectivity index is 1.23. The van der Waals surface area contributed by atoms with Gasteiger partial charge in [0.25, 0.3) is 0 Å². The zero-order chi connectivity index (χ0) is 26.0. The molecule has 0 heterocycles. The Hall–Kier alpha value is -1.70.